The molecule has 2 atom stereocenters. The van der Waals surface area contributed by atoms with Gasteiger partial charge in [-0.2, -0.15) is 4.31 Å². The van der Waals surface area contributed by atoms with E-state index in [4.69, 9.17) is 4.74 Å². The molecule has 0 N–H and O–H groups in total. The molecule has 1 aromatic carbocycles. The van der Waals surface area contributed by atoms with Crippen molar-refractivity contribution >= 4 is 10.0 Å². The second-order valence-electron chi connectivity index (χ2n) is 7.35. The molecule has 2 bridgehead atoms. The van der Waals surface area contributed by atoms with Crippen molar-refractivity contribution in [3.63, 3.8) is 0 Å². The Balaban J connectivity index is 1.46. The van der Waals surface area contributed by atoms with Crippen LogP contribution in [-0.4, -0.2) is 35.9 Å². The Morgan fingerprint density at radius 3 is 2.27 bits per heavy atom. The molecule has 0 radical (unpaired) electrons. The van der Waals surface area contributed by atoms with E-state index in [0.29, 0.717) is 0 Å². The molecular weight excluding hydrogens is 348 g/mol. The fourth-order valence-electron chi connectivity index (χ4n) is 4.21. The normalized spacial score (nSPS) is 26.0. The Labute approximate surface area is 155 Å². The van der Waals surface area contributed by atoms with Crippen molar-refractivity contribution in [1.29, 1.82) is 0 Å². The van der Waals surface area contributed by atoms with E-state index in [0.717, 1.165) is 42.6 Å². The highest BCUT2D eigenvalue weighted by Gasteiger charge is 2.47. The van der Waals surface area contributed by atoms with E-state index in [-0.39, 0.29) is 23.9 Å². The third-order valence-corrected chi connectivity index (χ3v) is 7.30. The van der Waals surface area contributed by atoms with Crippen molar-refractivity contribution in [2.75, 3.05) is 0 Å². The molecular formula is C20H24N2O3S. The maximum absolute atomic E-state index is 13.0. The smallest absolute Gasteiger partial charge is 0.218 e. The summed E-state index contributed by atoms with van der Waals surface area (Å²) < 4.78 is 33.9. The van der Waals surface area contributed by atoms with Crippen LogP contribution >= 0.6 is 0 Å². The first-order chi connectivity index (χ1) is 12.5. The Hall–Kier alpha value is -1.92. The number of ether oxygens (including phenoxy) is 1. The molecule has 2 aliphatic heterocycles. The summed E-state index contributed by atoms with van der Waals surface area (Å²) in [6.07, 6.45) is 6.86. The zero-order valence-corrected chi connectivity index (χ0v) is 15.7. The maximum atomic E-state index is 13.0. The second-order valence-corrected chi connectivity index (χ2v) is 9.23. The number of fused-ring (bicyclic) bond motifs is 2. The van der Waals surface area contributed by atoms with Crippen LogP contribution in [0.25, 0.3) is 0 Å². The number of hydrogen-bond donors (Lipinski definition) is 0. The van der Waals surface area contributed by atoms with Gasteiger partial charge in [0.15, 0.2) is 0 Å². The molecule has 1 aromatic heterocycles. The van der Waals surface area contributed by atoms with E-state index < -0.39 is 10.0 Å². The van der Waals surface area contributed by atoms with E-state index in [1.165, 1.54) is 0 Å². The number of piperidine rings is 1. The lowest BCUT2D eigenvalue weighted by molar-refractivity contribution is 0.0955. The monoisotopic (exact) mass is 372 g/mol. The zero-order chi connectivity index (χ0) is 18.1. The third-order valence-electron chi connectivity index (χ3n) is 5.37. The number of aromatic nitrogens is 1. The molecule has 2 fully saturated rings. The molecule has 3 heterocycles. The van der Waals surface area contributed by atoms with E-state index in [1.54, 1.807) is 16.7 Å². The Morgan fingerprint density at radius 2 is 1.65 bits per heavy atom. The van der Waals surface area contributed by atoms with Crippen molar-refractivity contribution in [3.8, 4) is 5.75 Å². The first-order valence-corrected chi connectivity index (χ1v) is 10.8. The summed E-state index contributed by atoms with van der Waals surface area (Å²) in [5.41, 5.74) is 1.99. The van der Waals surface area contributed by atoms with Crippen LogP contribution < -0.4 is 4.74 Å². The van der Waals surface area contributed by atoms with Gasteiger partial charge in [0, 0.05) is 37.3 Å². The van der Waals surface area contributed by atoms with Gasteiger partial charge in [0.1, 0.15) is 11.9 Å². The minimum atomic E-state index is -3.31. The van der Waals surface area contributed by atoms with Crippen LogP contribution in [0.3, 0.4) is 0 Å². The number of nitrogens with zero attached hydrogens (tertiary/aromatic N) is 2. The molecule has 2 aromatic rings. The number of rotatable bonds is 5. The summed E-state index contributed by atoms with van der Waals surface area (Å²) in [5.74, 6) is 0.885. The molecule has 2 unspecified atom stereocenters. The topological polar surface area (TPSA) is 59.5 Å². The fourth-order valence-corrected chi connectivity index (χ4v) is 6.27. The molecule has 26 heavy (non-hydrogen) atoms. The zero-order valence-electron chi connectivity index (χ0n) is 14.9. The number of hydrogen-bond acceptors (Lipinski definition) is 4. The van der Waals surface area contributed by atoms with Gasteiger partial charge in [0.25, 0.3) is 0 Å². The van der Waals surface area contributed by atoms with Gasteiger partial charge in [-0.15, -0.1) is 0 Å². The predicted molar refractivity (Wildman–Crippen MR) is 100 cm³/mol. The number of aryl methyl sites for hydroxylation is 1. The average molecular weight is 372 g/mol. The summed E-state index contributed by atoms with van der Waals surface area (Å²) >= 11 is 0. The fraction of sp³-hybridized carbons (Fsp3) is 0.450. The van der Waals surface area contributed by atoms with Gasteiger partial charge in [0.2, 0.25) is 10.0 Å². The molecule has 2 saturated heterocycles. The van der Waals surface area contributed by atoms with Crippen molar-refractivity contribution < 1.29 is 13.2 Å². The van der Waals surface area contributed by atoms with Gasteiger partial charge >= 0.3 is 0 Å². The van der Waals surface area contributed by atoms with Crippen LogP contribution in [0.4, 0.5) is 0 Å². The van der Waals surface area contributed by atoms with Gasteiger partial charge in [0.05, 0.1) is 5.75 Å². The van der Waals surface area contributed by atoms with Crippen LogP contribution in [0, 0.1) is 6.92 Å². The molecule has 0 aliphatic carbocycles. The highest BCUT2D eigenvalue weighted by Crippen LogP contribution is 2.39. The molecule has 2 aliphatic rings. The van der Waals surface area contributed by atoms with Crippen LogP contribution in [0.5, 0.6) is 5.75 Å². The summed E-state index contributed by atoms with van der Waals surface area (Å²) in [4.78, 5) is 4.00. The van der Waals surface area contributed by atoms with Gasteiger partial charge in [-0.25, -0.2) is 8.42 Å². The van der Waals surface area contributed by atoms with E-state index in [2.05, 4.69) is 4.98 Å². The minimum Gasteiger partial charge on any atom is -0.490 e. The van der Waals surface area contributed by atoms with Crippen LogP contribution in [0.2, 0.25) is 0 Å². The molecule has 4 rings (SSSR count). The molecule has 0 spiro atoms. The van der Waals surface area contributed by atoms with Crippen LogP contribution in [0.1, 0.15) is 36.8 Å². The molecule has 5 nitrogen and oxygen atoms in total. The Kier molecular flexibility index (Phi) is 4.71. The minimum absolute atomic E-state index is 0.0519. The first-order valence-electron chi connectivity index (χ1n) is 9.15. The largest absolute Gasteiger partial charge is 0.490 e. The summed E-state index contributed by atoms with van der Waals surface area (Å²) in [6, 6.07) is 11.6. The first kappa shape index (κ1) is 17.5. The van der Waals surface area contributed by atoms with Crippen molar-refractivity contribution in [1.82, 2.24) is 9.29 Å². The van der Waals surface area contributed by atoms with Crippen molar-refractivity contribution in [2.45, 2.75) is 56.5 Å². The lowest BCUT2D eigenvalue weighted by Gasteiger charge is -2.37. The van der Waals surface area contributed by atoms with Crippen LogP contribution in [-0.2, 0) is 15.8 Å². The summed E-state index contributed by atoms with van der Waals surface area (Å²) in [7, 11) is -3.31. The molecule has 138 valence electrons. The lowest BCUT2D eigenvalue weighted by Crippen LogP contribution is -2.49. The van der Waals surface area contributed by atoms with Gasteiger partial charge in [-0.3, -0.25) is 4.98 Å². The maximum Gasteiger partial charge on any atom is 0.218 e. The summed E-state index contributed by atoms with van der Waals surface area (Å²) in [5, 5.41) is 0. The van der Waals surface area contributed by atoms with E-state index in [1.807, 2.05) is 43.3 Å². The molecule has 0 amide bonds. The molecule has 0 saturated carbocycles. The summed E-state index contributed by atoms with van der Waals surface area (Å²) in [6.45, 7) is 2.01. The number of pyridine rings is 1. The van der Waals surface area contributed by atoms with Gasteiger partial charge in [-0.05, 0) is 37.5 Å². The van der Waals surface area contributed by atoms with E-state index >= 15 is 0 Å². The lowest BCUT2D eigenvalue weighted by atomic mass is 10.0. The number of benzene rings is 1. The standard InChI is InChI=1S/C20H24N2O3S/c1-15-2-4-16(5-3-15)14-26(23,24)22-17-6-7-18(22)13-20(12-17)25-19-8-10-21-11-9-19/h2-5,8-11,17-18,20H,6-7,12-14H2,1H3. The second kappa shape index (κ2) is 7.00. The van der Waals surface area contributed by atoms with Crippen LogP contribution in [0.15, 0.2) is 48.8 Å². The molecule has 6 heteroatoms. The van der Waals surface area contributed by atoms with Gasteiger partial charge < -0.3 is 4.74 Å². The third kappa shape index (κ3) is 3.62. The Morgan fingerprint density at radius 1 is 1.04 bits per heavy atom. The predicted octanol–water partition coefficient (Wildman–Crippen LogP) is 3.29. The highest BCUT2D eigenvalue weighted by molar-refractivity contribution is 7.88. The SMILES string of the molecule is Cc1ccc(CS(=O)(=O)N2C3CCC2CC(Oc2ccncc2)C3)cc1. The van der Waals surface area contributed by atoms with Gasteiger partial charge in [-0.1, -0.05) is 29.8 Å². The van der Waals surface area contributed by atoms with Crippen molar-refractivity contribution in [3.05, 3.63) is 59.9 Å². The quantitative estimate of drug-likeness (QED) is 0.808. The van der Waals surface area contributed by atoms with Crippen molar-refractivity contribution in [2.24, 2.45) is 0 Å². The highest BCUT2D eigenvalue weighted by atomic mass is 32.2. The van der Waals surface area contributed by atoms with E-state index in [9.17, 15) is 8.42 Å². The Bertz CT molecular complexity index is 838. The number of sulfonamides is 1. The average Bonchev–Trinajstić information content (AvgIpc) is 2.91.